The van der Waals surface area contributed by atoms with Gasteiger partial charge in [-0.05, 0) is 30.8 Å². The summed E-state index contributed by atoms with van der Waals surface area (Å²) >= 11 is 0. The van der Waals surface area contributed by atoms with Crippen LogP contribution in [0, 0.1) is 11.3 Å². The van der Waals surface area contributed by atoms with Crippen LogP contribution in [0.4, 0.5) is 0 Å². The average Bonchev–Trinajstić information content (AvgIpc) is 2.29. The van der Waals surface area contributed by atoms with E-state index >= 15 is 0 Å². The van der Waals surface area contributed by atoms with Gasteiger partial charge in [0.2, 0.25) is 0 Å². The zero-order valence-corrected chi connectivity index (χ0v) is 13.3. The van der Waals surface area contributed by atoms with Crippen molar-refractivity contribution in [1.82, 2.24) is 0 Å². The lowest BCUT2D eigenvalue weighted by Crippen LogP contribution is -2.18. The van der Waals surface area contributed by atoms with Crippen LogP contribution in [0.15, 0.2) is 23.8 Å². The third-order valence-electron chi connectivity index (χ3n) is 2.49. The van der Waals surface area contributed by atoms with Crippen molar-refractivity contribution < 1.29 is 0 Å². The Bertz CT molecular complexity index is 177. The predicted molar refractivity (Wildman–Crippen MR) is 79.9 cm³/mol. The molecule has 1 atom stereocenters. The Labute approximate surface area is 105 Å². The van der Waals surface area contributed by atoms with Crippen LogP contribution >= 0.6 is 0 Å². The Balaban J connectivity index is -0.000000376. The van der Waals surface area contributed by atoms with Crippen LogP contribution in [0.5, 0.6) is 0 Å². The molecule has 0 aliphatic heterocycles. The van der Waals surface area contributed by atoms with Crippen LogP contribution in [0.25, 0.3) is 0 Å². The highest BCUT2D eigenvalue weighted by atomic mass is 14.3. The minimum absolute atomic E-state index is 0.362. The fourth-order valence-corrected chi connectivity index (χ4v) is 1.18. The minimum atomic E-state index is 0.362. The minimum Gasteiger partial charge on any atom is -0.0874 e. The summed E-state index contributed by atoms with van der Waals surface area (Å²) < 4.78 is 0. The summed E-state index contributed by atoms with van der Waals surface area (Å²) in [5.74, 6) is 0.624. The van der Waals surface area contributed by atoms with Crippen molar-refractivity contribution in [2.45, 2.75) is 69.2 Å². The molecule has 0 N–H and O–H groups in total. The van der Waals surface area contributed by atoms with Gasteiger partial charge in [-0.15, -0.1) is 0 Å². The standard InChI is InChI=1S/C12H22.2C2H6/c1-7-9-11(8-2)10(3)12(4,5)6;2*1-2/h7-10H,1-6H3;2*1-2H3/b9-7-,11-8+;;. The molecule has 0 aliphatic rings. The third kappa shape index (κ3) is 10.0. The first-order valence-electron chi connectivity index (χ1n) is 6.72. The van der Waals surface area contributed by atoms with Gasteiger partial charge in [-0.25, -0.2) is 0 Å². The highest BCUT2D eigenvalue weighted by molar-refractivity contribution is 5.21. The Morgan fingerprint density at radius 3 is 1.50 bits per heavy atom. The van der Waals surface area contributed by atoms with E-state index in [1.807, 2.05) is 27.7 Å². The van der Waals surface area contributed by atoms with E-state index in [0.717, 1.165) is 0 Å². The predicted octanol–water partition coefficient (Wildman–Crippen LogP) is 6.24. The molecule has 1 unspecified atom stereocenters. The molecule has 0 aromatic rings. The van der Waals surface area contributed by atoms with E-state index in [1.54, 1.807) is 0 Å². The molecule has 0 nitrogen and oxygen atoms in total. The van der Waals surface area contributed by atoms with Gasteiger partial charge in [0.05, 0.1) is 0 Å². The lowest BCUT2D eigenvalue weighted by atomic mass is 9.77. The topological polar surface area (TPSA) is 0 Å². The molecule has 0 radical (unpaired) electrons. The fraction of sp³-hybridized carbons (Fsp3) is 0.750. The first-order chi connectivity index (χ1) is 7.43. The molecule has 0 heterocycles. The van der Waals surface area contributed by atoms with Gasteiger partial charge in [-0.3, -0.25) is 0 Å². The van der Waals surface area contributed by atoms with Crippen molar-refractivity contribution >= 4 is 0 Å². The smallest absolute Gasteiger partial charge is 0.0145 e. The average molecular weight is 226 g/mol. The van der Waals surface area contributed by atoms with E-state index < -0.39 is 0 Å². The summed E-state index contributed by atoms with van der Waals surface area (Å²) in [7, 11) is 0. The van der Waals surface area contributed by atoms with E-state index in [2.05, 4.69) is 59.8 Å². The molecule has 16 heavy (non-hydrogen) atoms. The lowest BCUT2D eigenvalue weighted by Gasteiger charge is -2.28. The maximum atomic E-state index is 2.29. The van der Waals surface area contributed by atoms with Gasteiger partial charge in [-0.1, -0.05) is 73.6 Å². The van der Waals surface area contributed by atoms with Gasteiger partial charge in [0, 0.05) is 0 Å². The summed E-state index contributed by atoms with van der Waals surface area (Å²) in [5.41, 5.74) is 1.80. The fourth-order valence-electron chi connectivity index (χ4n) is 1.18. The largest absolute Gasteiger partial charge is 0.0874 e. The van der Waals surface area contributed by atoms with Crippen LogP contribution in [0.2, 0.25) is 0 Å². The Kier molecular flexibility index (Phi) is 16.3. The van der Waals surface area contributed by atoms with Crippen molar-refractivity contribution in [2.75, 3.05) is 0 Å². The van der Waals surface area contributed by atoms with E-state index in [1.165, 1.54) is 5.57 Å². The molecule has 0 rings (SSSR count). The molecule has 0 amide bonds. The molecule has 0 bridgehead atoms. The van der Waals surface area contributed by atoms with Gasteiger partial charge in [-0.2, -0.15) is 0 Å². The van der Waals surface area contributed by atoms with Gasteiger partial charge in [0.25, 0.3) is 0 Å². The Morgan fingerprint density at radius 2 is 1.31 bits per heavy atom. The van der Waals surface area contributed by atoms with Gasteiger partial charge in [0.1, 0.15) is 0 Å². The number of hydrogen-bond donors (Lipinski definition) is 0. The van der Waals surface area contributed by atoms with Crippen molar-refractivity contribution in [2.24, 2.45) is 11.3 Å². The SMILES string of the molecule is C/C=C\C(=C/C)C(C)C(C)(C)C.CC.CC. The number of hydrogen-bond acceptors (Lipinski definition) is 0. The summed E-state index contributed by atoms with van der Waals surface area (Å²) in [4.78, 5) is 0. The summed E-state index contributed by atoms with van der Waals surface area (Å²) in [6.45, 7) is 21.3. The zero-order chi connectivity index (χ0) is 13.8. The maximum absolute atomic E-state index is 2.29. The van der Waals surface area contributed by atoms with Gasteiger partial charge < -0.3 is 0 Å². The monoisotopic (exact) mass is 226 g/mol. The van der Waals surface area contributed by atoms with Gasteiger partial charge in [0.15, 0.2) is 0 Å². The molecule has 0 saturated heterocycles. The van der Waals surface area contributed by atoms with Crippen LogP contribution in [-0.2, 0) is 0 Å². The molecule has 0 aromatic heterocycles. The van der Waals surface area contributed by atoms with Crippen LogP contribution in [0.3, 0.4) is 0 Å². The first-order valence-corrected chi connectivity index (χ1v) is 6.72. The van der Waals surface area contributed by atoms with Gasteiger partial charge >= 0.3 is 0 Å². The normalized spacial score (nSPS) is 13.5. The molecule has 98 valence electrons. The molecule has 0 heteroatoms. The highest BCUT2D eigenvalue weighted by Gasteiger charge is 2.21. The van der Waals surface area contributed by atoms with Crippen LogP contribution < -0.4 is 0 Å². The molecule has 0 aromatic carbocycles. The number of rotatable bonds is 2. The second kappa shape index (κ2) is 12.5. The molecular weight excluding hydrogens is 192 g/mol. The summed E-state index contributed by atoms with van der Waals surface area (Å²) in [5, 5.41) is 0. The number of allylic oxidation sites excluding steroid dienone is 4. The molecular formula is C16H34. The van der Waals surface area contributed by atoms with E-state index in [-0.39, 0.29) is 0 Å². The second-order valence-electron chi connectivity index (χ2n) is 4.38. The third-order valence-corrected chi connectivity index (χ3v) is 2.49. The van der Waals surface area contributed by atoms with Crippen molar-refractivity contribution in [1.29, 1.82) is 0 Å². The Hall–Kier alpha value is -0.520. The van der Waals surface area contributed by atoms with Crippen molar-refractivity contribution in [3.05, 3.63) is 23.8 Å². The van der Waals surface area contributed by atoms with Crippen LogP contribution in [-0.4, -0.2) is 0 Å². The zero-order valence-electron chi connectivity index (χ0n) is 13.3. The molecule has 0 fully saturated rings. The summed E-state index contributed by atoms with van der Waals surface area (Å²) in [6.07, 6.45) is 6.52. The van der Waals surface area contributed by atoms with Crippen molar-refractivity contribution in [3.8, 4) is 0 Å². The van der Waals surface area contributed by atoms with E-state index in [0.29, 0.717) is 11.3 Å². The van der Waals surface area contributed by atoms with E-state index in [4.69, 9.17) is 0 Å². The van der Waals surface area contributed by atoms with Crippen LogP contribution in [0.1, 0.15) is 69.2 Å². The summed E-state index contributed by atoms with van der Waals surface area (Å²) in [6, 6.07) is 0. The van der Waals surface area contributed by atoms with E-state index in [9.17, 15) is 0 Å². The lowest BCUT2D eigenvalue weighted by molar-refractivity contribution is 0.304. The first kappa shape index (κ1) is 20.8. The highest BCUT2D eigenvalue weighted by Crippen LogP contribution is 2.31. The Morgan fingerprint density at radius 1 is 0.938 bits per heavy atom. The molecule has 0 saturated carbocycles. The van der Waals surface area contributed by atoms with Crippen molar-refractivity contribution in [3.63, 3.8) is 0 Å². The quantitative estimate of drug-likeness (QED) is 0.489. The molecule has 0 aliphatic carbocycles. The molecule has 0 spiro atoms. The maximum Gasteiger partial charge on any atom is -0.0145 e. The second-order valence-corrected chi connectivity index (χ2v) is 4.38.